The van der Waals surface area contributed by atoms with Gasteiger partial charge in [-0.25, -0.2) is 8.78 Å². The molecule has 0 aliphatic rings. The average Bonchev–Trinajstić information content (AvgIpc) is 2.57. The molecule has 0 aromatic heterocycles. The molecule has 3 N–H and O–H groups in total. The van der Waals surface area contributed by atoms with Crippen LogP contribution in [0.4, 0.5) is 14.5 Å². The molecule has 2 aromatic carbocycles. The van der Waals surface area contributed by atoms with E-state index in [1.807, 2.05) is 0 Å². The second-order valence-electron chi connectivity index (χ2n) is 5.08. The van der Waals surface area contributed by atoms with Gasteiger partial charge in [0.05, 0.1) is 14.2 Å². The Balaban J connectivity index is 2.33. The van der Waals surface area contributed by atoms with Crippen molar-refractivity contribution in [3.8, 4) is 17.2 Å². The molecular weight excluding hydrogens is 350 g/mol. The van der Waals surface area contributed by atoms with Crippen molar-refractivity contribution in [1.82, 2.24) is 0 Å². The molecule has 2 amide bonds. The predicted molar refractivity (Wildman–Crippen MR) is 88.5 cm³/mol. The number of hydrogen-bond acceptors (Lipinski definition) is 5. The third-order valence-corrected chi connectivity index (χ3v) is 3.20. The molecule has 0 spiro atoms. The Kier molecular flexibility index (Phi) is 5.94. The van der Waals surface area contributed by atoms with E-state index in [0.29, 0.717) is 6.07 Å². The molecule has 0 saturated carbocycles. The second kappa shape index (κ2) is 8.15. The van der Waals surface area contributed by atoms with Crippen LogP contribution in [0.5, 0.6) is 17.2 Å². The van der Waals surface area contributed by atoms with E-state index < -0.39 is 30.1 Å². The van der Waals surface area contributed by atoms with Gasteiger partial charge in [0.15, 0.2) is 18.1 Å². The van der Waals surface area contributed by atoms with Crippen LogP contribution in [0.3, 0.4) is 0 Å². The van der Waals surface area contributed by atoms with Crippen LogP contribution in [0.2, 0.25) is 0 Å². The maximum absolute atomic E-state index is 13.2. The van der Waals surface area contributed by atoms with Gasteiger partial charge in [-0.2, -0.15) is 0 Å². The first kappa shape index (κ1) is 19.0. The summed E-state index contributed by atoms with van der Waals surface area (Å²) in [7, 11) is 2.66. The van der Waals surface area contributed by atoms with Crippen LogP contribution in [0.1, 0.15) is 10.4 Å². The number of amides is 2. The summed E-state index contributed by atoms with van der Waals surface area (Å²) in [6.07, 6.45) is 0. The van der Waals surface area contributed by atoms with Crippen molar-refractivity contribution in [2.75, 3.05) is 26.1 Å². The standard InChI is InChI=1S/C17H16F2N2O5/c1-24-13-3-9(4-14(25-2)16(13)26-8-15(20)22)17(23)21-12-6-10(18)5-11(19)7-12/h3-7H,8H2,1-2H3,(H2,20,22)(H,21,23). The minimum atomic E-state index is -0.828. The van der Waals surface area contributed by atoms with Gasteiger partial charge in [-0.05, 0) is 24.3 Å². The zero-order valence-electron chi connectivity index (χ0n) is 14.0. The SMILES string of the molecule is COc1cc(C(=O)Nc2cc(F)cc(F)c2)cc(OC)c1OCC(N)=O. The fraction of sp³-hybridized carbons (Fsp3) is 0.176. The minimum Gasteiger partial charge on any atom is -0.493 e. The molecule has 0 radical (unpaired) electrons. The van der Waals surface area contributed by atoms with Crippen LogP contribution in [-0.4, -0.2) is 32.6 Å². The van der Waals surface area contributed by atoms with Gasteiger partial charge in [-0.15, -0.1) is 0 Å². The molecule has 26 heavy (non-hydrogen) atoms. The van der Waals surface area contributed by atoms with Crippen LogP contribution in [0, 0.1) is 11.6 Å². The maximum Gasteiger partial charge on any atom is 0.255 e. The van der Waals surface area contributed by atoms with Gasteiger partial charge in [0.25, 0.3) is 11.8 Å². The lowest BCUT2D eigenvalue weighted by atomic mass is 10.1. The Morgan fingerprint density at radius 3 is 2.00 bits per heavy atom. The Hall–Kier alpha value is -3.36. The van der Waals surface area contributed by atoms with Crippen molar-refractivity contribution >= 4 is 17.5 Å². The molecule has 0 aliphatic heterocycles. The summed E-state index contributed by atoms with van der Waals surface area (Å²) in [5.41, 5.74) is 5.06. The number of nitrogens with two attached hydrogens (primary N) is 1. The number of nitrogens with one attached hydrogen (secondary N) is 1. The van der Waals surface area contributed by atoms with E-state index >= 15 is 0 Å². The van der Waals surface area contributed by atoms with Crippen molar-refractivity contribution in [1.29, 1.82) is 0 Å². The third-order valence-electron chi connectivity index (χ3n) is 3.20. The Morgan fingerprint density at radius 2 is 1.54 bits per heavy atom. The van der Waals surface area contributed by atoms with Crippen molar-refractivity contribution in [2.45, 2.75) is 0 Å². The number of hydrogen-bond donors (Lipinski definition) is 2. The molecule has 2 rings (SSSR count). The lowest BCUT2D eigenvalue weighted by Crippen LogP contribution is -2.20. The average molecular weight is 366 g/mol. The molecule has 9 heteroatoms. The smallest absolute Gasteiger partial charge is 0.255 e. The Bertz CT molecular complexity index is 797. The van der Waals surface area contributed by atoms with E-state index in [1.165, 1.54) is 26.4 Å². The molecule has 7 nitrogen and oxygen atoms in total. The van der Waals surface area contributed by atoms with E-state index in [-0.39, 0.29) is 28.5 Å². The molecule has 0 bridgehead atoms. The van der Waals surface area contributed by atoms with Crippen LogP contribution in [0.15, 0.2) is 30.3 Å². The lowest BCUT2D eigenvalue weighted by molar-refractivity contribution is -0.120. The molecule has 0 unspecified atom stereocenters. The number of primary amides is 1. The summed E-state index contributed by atoms with van der Waals surface area (Å²) in [6.45, 7) is -0.416. The summed E-state index contributed by atoms with van der Waals surface area (Å²) < 4.78 is 42.0. The second-order valence-corrected chi connectivity index (χ2v) is 5.08. The van der Waals surface area contributed by atoms with E-state index in [2.05, 4.69) is 5.32 Å². The van der Waals surface area contributed by atoms with Crippen LogP contribution in [-0.2, 0) is 4.79 Å². The number of halogens is 2. The van der Waals surface area contributed by atoms with Gasteiger partial charge in [-0.3, -0.25) is 9.59 Å². The minimum absolute atomic E-state index is 0.0560. The summed E-state index contributed by atoms with van der Waals surface area (Å²) in [5, 5.41) is 2.37. The fourth-order valence-electron chi connectivity index (χ4n) is 2.13. The molecule has 2 aromatic rings. The molecule has 0 saturated heterocycles. The first-order valence-electron chi connectivity index (χ1n) is 7.28. The van der Waals surface area contributed by atoms with Crippen LogP contribution >= 0.6 is 0 Å². The van der Waals surface area contributed by atoms with E-state index in [0.717, 1.165) is 12.1 Å². The third kappa shape index (κ3) is 4.59. The summed E-state index contributed by atoms with van der Waals surface area (Å²) in [4.78, 5) is 23.3. The highest BCUT2D eigenvalue weighted by molar-refractivity contribution is 6.05. The summed E-state index contributed by atoms with van der Waals surface area (Å²) >= 11 is 0. The highest BCUT2D eigenvalue weighted by atomic mass is 19.1. The summed E-state index contributed by atoms with van der Waals surface area (Å²) in [5.74, 6) is -2.71. The number of carbonyl (C=O) groups is 2. The maximum atomic E-state index is 13.2. The van der Waals surface area contributed by atoms with Crippen molar-refractivity contribution in [3.63, 3.8) is 0 Å². The Morgan fingerprint density at radius 1 is 1.00 bits per heavy atom. The number of anilines is 1. The molecular formula is C17H16F2N2O5. The highest BCUT2D eigenvalue weighted by Gasteiger charge is 2.19. The number of carbonyl (C=O) groups excluding carboxylic acids is 2. The molecule has 0 heterocycles. The molecule has 138 valence electrons. The van der Waals surface area contributed by atoms with Gasteiger partial charge in [0.1, 0.15) is 11.6 Å². The quantitative estimate of drug-likeness (QED) is 0.782. The van der Waals surface area contributed by atoms with E-state index in [4.69, 9.17) is 19.9 Å². The topological polar surface area (TPSA) is 99.9 Å². The van der Waals surface area contributed by atoms with Gasteiger partial charge >= 0.3 is 0 Å². The van der Waals surface area contributed by atoms with Crippen molar-refractivity contribution < 1.29 is 32.6 Å². The summed E-state index contributed by atoms with van der Waals surface area (Å²) in [6, 6.07) is 5.28. The first-order chi connectivity index (χ1) is 12.3. The van der Waals surface area contributed by atoms with Crippen LogP contribution < -0.4 is 25.3 Å². The van der Waals surface area contributed by atoms with Gasteiger partial charge in [0.2, 0.25) is 5.75 Å². The highest BCUT2D eigenvalue weighted by Crippen LogP contribution is 2.38. The number of benzene rings is 2. The van der Waals surface area contributed by atoms with Crippen molar-refractivity contribution in [2.24, 2.45) is 5.73 Å². The fourth-order valence-corrected chi connectivity index (χ4v) is 2.13. The molecule has 0 atom stereocenters. The number of methoxy groups -OCH3 is 2. The molecule has 0 aliphatic carbocycles. The largest absolute Gasteiger partial charge is 0.493 e. The molecule has 0 fully saturated rings. The van der Waals surface area contributed by atoms with Crippen LogP contribution in [0.25, 0.3) is 0 Å². The predicted octanol–water partition coefficient (Wildman–Crippen LogP) is 2.10. The van der Waals surface area contributed by atoms with Gasteiger partial charge in [-0.1, -0.05) is 0 Å². The van der Waals surface area contributed by atoms with Crippen molar-refractivity contribution in [3.05, 3.63) is 47.5 Å². The monoisotopic (exact) mass is 366 g/mol. The zero-order chi connectivity index (χ0) is 19.3. The zero-order valence-corrected chi connectivity index (χ0v) is 14.0. The van der Waals surface area contributed by atoms with E-state index in [9.17, 15) is 18.4 Å². The van der Waals surface area contributed by atoms with E-state index in [1.54, 1.807) is 0 Å². The van der Waals surface area contributed by atoms with Gasteiger partial charge in [0, 0.05) is 17.3 Å². The Labute approximate surface area is 147 Å². The number of ether oxygens (including phenoxy) is 3. The first-order valence-corrected chi connectivity index (χ1v) is 7.28. The number of rotatable bonds is 7. The lowest BCUT2D eigenvalue weighted by Gasteiger charge is -2.15. The van der Waals surface area contributed by atoms with Gasteiger partial charge < -0.3 is 25.3 Å². The normalized spacial score (nSPS) is 10.2.